The summed E-state index contributed by atoms with van der Waals surface area (Å²) >= 11 is 5.99. The average molecular weight is 610 g/mol. The Morgan fingerprint density at radius 1 is 0.951 bits per heavy atom. The summed E-state index contributed by atoms with van der Waals surface area (Å²) in [6.07, 6.45) is -4.10. The van der Waals surface area contributed by atoms with Gasteiger partial charge in [-0.15, -0.1) is 0 Å². The molecule has 0 unspecified atom stereocenters. The number of hydrogen-bond acceptors (Lipinski definition) is 4. The number of hydrogen-bond donors (Lipinski definition) is 1. The van der Waals surface area contributed by atoms with Crippen LogP contribution in [0.4, 0.5) is 18.9 Å². The summed E-state index contributed by atoms with van der Waals surface area (Å²) in [4.78, 5) is 27.9. The smallest absolute Gasteiger partial charge is 0.352 e. The van der Waals surface area contributed by atoms with Crippen molar-refractivity contribution in [2.24, 2.45) is 0 Å². The van der Waals surface area contributed by atoms with Gasteiger partial charge in [-0.25, -0.2) is 8.42 Å². The van der Waals surface area contributed by atoms with Gasteiger partial charge in [0, 0.05) is 17.6 Å². The van der Waals surface area contributed by atoms with Gasteiger partial charge in [-0.2, -0.15) is 13.2 Å². The average Bonchev–Trinajstić information content (AvgIpc) is 2.95. The third kappa shape index (κ3) is 8.23. The number of anilines is 1. The fourth-order valence-electron chi connectivity index (χ4n) is 3.92. The largest absolute Gasteiger partial charge is 0.416 e. The minimum atomic E-state index is -4.74. The molecule has 3 aromatic rings. The molecule has 0 fully saturated rings. The maximum absolute atomic E-state index is 13.9. The van der Waals surface area contributed by atoms with Gasteiger partial charge in [-0.1, -0.05) is 54.9 Å². The highest BCUT2D eigenvalue weighted by Crippen LogP contribution is 2.33. The molecule has 7 nitrogen and oxygen atoms in total. The Balaban J connectivity index is 2.07. The van der Waals surface area contributed by atoms with Gasteiger partial charge in [-0.3, -0.25) is 13.9 Å². The lowest BCUT2D eigenvalue weighted by atomic mass is 10.1. The van der Waals surface area contributed by atoms with Crippen LogP contribution in [-0.2, 0) is 32.3 Å². The summed E-state index contributed by atoms with van der Waals surface area (Å²) in [5, 5.41) is 3.27. The van der Waals surface area contributed by atoms with Crippen LogP contribution in [0.5, 0.6) is 0 Å². The first kappa shape index (κ1) is 32.0. The molecule has 0 aromatic heterocycles. The highest BCUT2D eigenvalue weighted by molar-refractivity contribution is 7.92. The minimum absolute atomic E-state index is 0.0765. The quantitative estimate of drug-likeness (QED) is 0.294. The van der Waals surface area contributed by atoms with E-state index in [1.54, 1.807) is 37.3 Å². The maximum atomic E-state index is 13.9. The van der Waals surface area contributed by atoms with E-state index in [4.69, 9.17) is 11.6 Å². The molecule has 0 heterocycles. The zero-order valence-electron chi connectivity index (χ0n) is 22.7. The molecule has 12 heteroatoms. The number of rotatable bonds is 11. The molecule has 0 bridgehead atoms. The van der Waals surface area contributed by atoms with E-state index in [0.29, 0.717) is 27.4 Å². The van der Waals surface area contributed by atoms with Crippen molar-refractivity contribution in [3.8, 4) is 0 Å². The van der Waals surface area contributed by atoms with Crippen LogP contribution in [0.25, 0.3) is 0 Å². The van der Waals surface area contributed by atoms with Crippen molar-refractivity contribution >= 4 is 39.1 Å². The number of alkyl halides is 3. The SMILES string of the molecule is CC[C@H](C)NC(=O)[C@@H](C)N(Cc1ccc(Cl)cc1)C(=O)CN(c1cccc(C(F)(F)F)c1)S(=O)(=O)c1ccccc1. The van der Waals surface area contributed by atoms with Crippen molar-refractivity contribution in [3.63, 3.8) is 0 Å². The molecule has 2 amide bonds. The molecule has 0 aliphatic heterocycles. The molecule has 3 aromatic carbocycles. The standard InChI is InChI=1S/C29H31ClF3N3O4S/c1-4-20(2)34-28(38)21(3)35(18-22-13-15-24(30)16-14-22)27(37)19-36(41(39,40)26-11-6-5-7-12-26)25-10-8-9-23(17-25)29(31,32)33/h5-17,20-21H,4,18-19H2,1-3H3,(H,34,38)/t20-,21+/m0/s1. The van der Waals surface area contributed by atoms with E-state index in [-0.39, 0.29) is 23.2 Å². The van der Waals surface area contributed by atoms with Crippen LogP contribution < -0.4 is 9.62 Å². The highest BCUT2D eigenvalue weighted by atomic mass is 35.5. The predicted octanol–water partition coefficient (Wildman–Crippen LogP) is 5.89. The van der Waals surface area contributed by atoms with Crippen LogP contribution in [-0.4, -0.2) is 43.8 Å². The fraction of sp³-hybridized carbons (Fsp3) is 0.310. The van der Waals surface area contributed by atoms with Crippen molar-refractivity contribution in [1.29, 1.82) is 0 Å². The minimum Gasteiger partial charge on any atom is -0.352 e. The number of nitrogens with zero attached hydrogens (tertiary/aromatic N) is 2. The van der Waals surface area contributed by atoms with Crippen LogP contribution in [0.2, 0.25) is 5.02 Å². The normalized spacial score (nSPS) is 13.2. The van der Waals surface area contributed by atoms with Crippen LogP contribution in [0.15, 0.2) is 83.8 Å². The Hall–Kier alpha value is -3.57. The second kappa shape index (κ2) is 13.4. The summed E-state index contributed by atoms with van der Waals surface area (Å²) in [6, 6.07) is 16.2. The first-order chi connectivity index (χ1) is 19.2. The second-order valence-electron chi connectivity index (χ2n) is 9.51. The van der Waals surface area contributed by atoms with Crippen LogP contribution in [0, 0.1) is 0 Å². The molecule has 0 spiro atoms. The third-order valence-corrected chi connectivity index (χ3v) is 8.55. The molecule has 3 rings (SSSR count). The number of benzene rings is 3. The van der Waals surface area contributed by atoms with Gasteiger partial charge in [0.25, 0.3) is 10.0 Å². The first-order valence-electron chi connectivity index (χ1n) is 12.8. The van der Waals surface area contributed by atoms with Crippen molar-refractivity contribution in [3.05, 3.63) is 95.0 Å². The lowest BCUT2D eigenvalue weighted by molar-refractivity contribution is -0.139. The van der Waals surface area contributed by atoms with E-state index in [0.717, 1.165) is 12.1 Å². The Labute approximate surface area is 243 Å². The monoisotopic (exact) mass is 609 g/mol. The van der Waals surface area contributed by atoms with E-state index < -0.39 is 46.2 Å². The summed E-state index contributed by atoms with van der Waals surface area (Å²) < 4.78 is 68.7. The number of nitrogens with one attached hydrogen (secondary N) is 1. The summed E-state index contributed by atoms with van der Waals surface area (Å²) in [5.74, 6) is -1.25. The van der Waals surface area contributed by atoms with Crippen LogP contribution in [0.1, 0.15) is 38.3 Å². The zero-order chi connectivity index (χ0) is 30.4. The van der Waals surface area contributed by atoms with Gasteiger partial charge in [0.05, 0.1) is 16.1 Å². The summed E-state index contributed by atoms with van der Waals surface area (Å²) in [5.41, 5.74) is -0.808. The molecular weight excluding hydrogens is 579 g/mol. The first-order valence-corrected chi connectivity index (χ1v) is 14.6. The van der Waals surface area contributed by atoms with Gasteiger partial charge in [0.15, 0.2) is 0 Å². The fourth-order valence-corrected chi connectivity index (χ4v) is 5.47. The molecule has 1 N–H and O–H groups in total. The predicted molar refractivity (Wildman–Crippen MR) is 152 cm³/mol. The Morgan fingerprint density at radius 2 is 1.59 bits per heavy atom. The van der Waals surface area contributed by atoms with Crippen LogP contribution >= 0.6 is 11.6 Å². The number of sulfonamides is 1. The second-order valence-corrected chi connectivity index (χ2v) is 11.8. The molecule has 0 aliphatic rings. The van der Waals surface area contributed by atoms with Gasteiger partial charge in [0.2, 0.25) is 11.8 Å². The van der Waals surface area contributed by atoms with Crippen molar-refractivity contribution in [1.82, 2.24) is 10.2 Å². The van der Waals surface area contributed by atoms with Crippen LogP contribution in [0.3, 0.4) is 0 Å². The Bertz CT molecular complexity index is 1450. The van der Waals surface area contributed by atoms with Crippen molar-refractivity contribution in [2.45, 2.75) is 56.9 Å². The van der Waals surface area contributed by atoms with Gasteiger partial charge in [-0.05, 0) is 68.3 Å². The number of carbonyl (C=O) groups excluding carboxylic acids is 2. The topological polar surface area (TPSA) is 86.8 Å². The highest BCUT2D eigenvalue weighted by Gasteiger charge is 2.35. The van der Waals surface area contributed by atoms with E-state index in [1.165, 1.54) is 42.2 Å². The van der Waals surface area contributed by atoms with Crippen molar-refractivity contribution in [2.75, 3.05) is 10.8 Å². The zero-order valence-corrected chi connectivity index (χ0v) is 24.3. The van der Waals surface area contributed by atoms with E-state index >= 15 is 0 Å². The Morgan fingerprint density at radius 3 is 2.17 bits per heavy atom. The maximum Gasteiger partial charge on any atom is 0.416 e. The molecule has 0 saturated carbocycles. The van der Waals surface area contributed by atoms with Gasteiger partial charge in [0.1, 0.15) is 12.6 Å². The molecule has 220 valence electrons. The van der Waals surface area contributed by atoms with E-state index in [9.17, 15) is 31.2 Å². The molecule has 2 atom stereocenters. The Kier molecular flexibility index (Phi) is 10.4. The van der Waals surface area contributed by atoms with Gasteiger partial charge >= 0.3 is 6.18 Å². The molecule has 0 radical (unpaired) electrons. The summed E-state index contributed by atoms with van der Waals surface area (Å²) in [6.45, 7) is 4.26. The van der Waals surface area contributed by atoms with E-state index in [2.05, 4.69) is 5.32 Å². The lowest BCUT2D eigenvalue weighted by Gasteiger charge is -2.32. The number of carbonyl (C=O) groups is 2. The lowest BCUT2D eigenvalue weighted by Crippen LogP contribution is -2.52. The third-order valence-electron chi connectivity index (χ3n) is 6.51. The molecule has 41 heavy (non-hydrogen) atoms. The van der Waals surface area contributed by atoms with Gasteiger partial charge < -0.3 is 10.2 Å². The number of amides is 2. The summed E-state index contributed by atoms with van der Waals surface area (Å²) in [7, 11) is -4.49. The number of halogens is 4. The molecular formula is C29H31ClF3N3O4S. The van der Waals surface area contributed by atoms with Crippen molar-refractivity contribution < 1.29 is 31.2 Å². The van der Waals surface area contributed by atoms with E-state index in [1.807, 2.05) is 6.92 Å². The molecule has 0 aliphatic carbocycles. The molecule has 0 saturated heterocycles.